The number of pyridine rings is 1. The van der Waals surface area contributed by atoms with E-state index in [1.165, 1.54) is 6.20 Å². The summed E-state index contributed by atoms with van der Waals surface area (Å²) in [7, 11) is 0. The van der Waals surface area contributed by atoms with Gasteiger partial charge in [-0.05, 0) is 0 Å². The smallest absolute Gasteiger partial charge is 1.00 e. The van der Waals surface area contributed by atoms with Crippen LogP contribution in [0.15, 0.2) is 11.0 Å². The Morgan fingerprint density at radius 3 is 2.27 bits per heavy atom. The van der Waals surface area contributed by atoms with Crippen LogP contribution in [0, 0.1) is 0 Å². The van der Waals surface area contributed by atoms with Gasteiger partial charge in [-0.25, -0.2) is 0 Å². The van der Waals surface area contributed by atoms with Gasteiger partial charge in [-0.3, -0.25) is 4.79 Å². The Morgan fingerprint density at radius 2 is 1.82 bits per heavy atom. The molecule has 1 heterocycles. The maximum Gasteiger partial charge on any atom is 1.00 e. The van der Waals surface area contributed by atoms with Gasteiger partial charge in [0.15, 0.2) is 0 Å². The third-order valence-corrected chi connectivity index (χ3v) is 2.18. The fourth-order valence-electron chi connectivity index (χ4n) is 0.460. The predicted octanol–water partition coefficient (Wildman–Crippen LogP) is -0.548. The van der Waals surface area contributed by atoms with Crippen molar-refractivity contribution >= 4 is 34.8 Å². The molecule has 1 rings (SSSR count). The quantitative estimate of drug-likeness (QED) is 0.587. The van der Waals surface area contributed by atoms with Crippen LogP contribution in [-0.2, 0) is 0 Å². The molecule has 2 nitrogen and oxygen atoms in total. The molecule has 0 saturated carbocycles. The summed E-state index contributed by atoms with van der Waals surface area (Å²) in [6.45, 7) is 0. The van der Waals surface area contributed by atoms with Crippen molar-refractivity contribution in [2.75, 3.05) is 0 Å². The molecule has 56 valence electrons. The molecule has 0 unspecified atom stereocenters. The monoisotopic (exact) mass is 221 g/mol. The van der Waals surface area contributed by atoms with Crippen molar-refractivity contribution in [2.45, 2.75) is 0 Å². The zero-order chi connectivity index (χ0) is 7.72. The maximum atomic E-state index is 10.7. The fraction of sp³-hybridized carbons (Fsp3) is 0. The summed E-state index contributed by atoms with van der Waals surface area (Å²) in [6, 6.07) is 0. The van der Waals surface area contributed by atoms with Crippen LogP contribution >= 0.6 is 34.8 Å². The first-order valence-electron chi connectivity index (χ1n) is 2.35. The van der Waals surface area contributed by atoms with E-state index in [1.54, 1.807) is 0 Å². The molecule has 0 aliphatic rings. The van der Waals surface area contributed by atoms with E-state index in [4.69, 9.17) is 34.8 Å². The van der Waals surface area contributed by atoms with Gasteiger partial charge in [0.1, 0.15) is 5.02 Å². The van der Waals surface area contributed by atoms with Gasteiger partial charge in [0.2, 0.25) is 0 Å². The molecule has 1 aromatic rings. The van der Waals surface area contributed by atoms with Crippen LogP contribution in [-0.4, -0.2) is 4.98 Å². The summed E-state index contributed by atoms with van der Waals surface area (Å²) in [5, 5.41) is 0.257. The molecule has 0 saturated heterocycles. The van der Waals surface area contributed by atoms with Crippen LogP contribution in [0.5, 0.6) is 0 Å². The Balaban J connectivity index is 0. The van der Waals surface area contributed by atoms with Gasteiger partial charge >= 0.3 is 29.6 Å². The van der Waals surface area contributed by atoms with E-state index >= 15 is 0 Å². The van der Waals surface area contributed by atoms with E-state index in [-0.39, 0.29) is 46.1 Å². The number of halogens is 3. The van der Waals surface area contributed by atoms with Crippen molar-refractivity contribution in [1.29, 1.82) is 0 Å². The average molecular weight is 222 g/mol. The first-order valence-corrected chi connectivity index (χ1v) is 3.48. The van der Waals surface area contributed by atoms with Gasteiger partial charge in [0, 0.05) is 6.20 Å². The van der Waals surface area contributed by atoms with E-state index < -0.39 is 5.56 Å². The number of aromatic amines is 1. The van der Waals surface area contributed by atoms with Crippen molar-refractivity contribution in [3.63, 3.8) is 0 Å². The zero-order valence-corrected chi connectivity index (χ0v) is 9.89. The third-order valence-electron chi connectivity index (χ3n) is 0.932. The van der Waals surface area contributed by atoms with Gasteiger partial charge in [0.05, 0.1) is 10.0 Å². The second-order valence-electron chi connectivity index (χ2n) is 1.59. The van der Waals surface area contributed by atoms with Crippen molar-refractivity contribution < 1.29 is 31.0 Å². The van der Waals surface area contributed by atoms with Crippen LogP contribution in [0.25, 0.3) is 0 Å². The van der Waals surface area contributed by atoms with E-state index in [1.807, 2.05) is 0 Å². The van der Waals surface area contributed by atoms with Gasteiger partial charge in [-0.15, -0.1) is 0 Å². The largest absolute Gasteiger partial charge is 1.00 e. The third kappa shape index (κ3) is 2.65. The second kappa shape index (κ2) is 4.75. The normalized spacial score (nSPS) is 9.00. The summed E-state index contributed by atoms with van der Waals surface area (Å²) < 4.78 is 0. The SMILES string of the molecule is O=c1[nH]cc(Cl)c(Cl)c1Cl.[H-].[Na+]. The van der Waals surface area contributed by atoms with Crippen LogP contribution in [0.3, 0.4) is 0 Å². The molecule has 0 fully saturated rings. The first kappa shape index (κ1) is 11.8. The molecular formula is C5H3Cl3NNaO. The molecular weight excluding hydrogens is 219 g/mol. The minimum absolute atomic E-state index is 0. The molecule has 0 amide bonds. The standard InChI is InChI=1S/C5H2Cl3NO.Na.H/c6-2-1-9-5(10)4(8)3(2)7;;/h1H,(H,9,10);;/q;+1;-1. The Morgan fingerprint density at radius 1 is 1.27 bits per heavy atom. The van der Waals surface area contributed by atoms with Crippen molar-refractivity contribution in [3.8, 4) is 0 Å². The molecule has 1 N–H and O–H groups in total. The van der Waals surface area contributed by atoms with Gasteiger partial charge in [0.25, 0.3) is 5.56 Å². The zero-order valence-electron chi connectivity index (χ0n) is 6.62. The molecule has 0 aliphatic heterocycles. The molecule has 1 aromatic heterocycles. The topological polar surface area (TPSA) is 32.9 Å². The minimum atomic E-state index is -0.434. The molecule has 6 heteroatoms. The minimum Gasteiger partial charge on any atom is -1.00 e. The number of hydrogen-bond acceptors (Lipinski definition) is 1. The van der Waals surface area contributed by atoms with Crippen LogP contribution < -0.4 is 35.1 Å². The number of hydrogen-bond donors (Lipinski definition) is 1. The van der Waals surface area contributed by atoms with E-state index in [0.717, 1.165) is 0 Å². The molecule has 11 heavy (non-hydrogen) atoms. The second-order valence-corrected chi connectivity index (χ2v) is 2.76. The first-order chi connectivity index (χ1) is 4.63. The Kier molecular flexibility index (Phi) is 5.10. The van der Waals surface area contributed by atoms with Crippen molar-refractivity contribution in [1.82, 2.24) is 4.98 Å². The summed E-state index contributed by atoms with van der Waals surface area (Å²) in [6.07, 6.45) is 1.29. The van der Waals surface area contributed by atoms with E-state index in [2.05, 4.69) is 4.98 Å². The van der Waals surface area contributed by atoms with Gasteiger partial charge in [-0.2, -0.15) is 0 Å². The molecule has 0 aliphatic carbocycles. The number of aromatic nitrogens is 1. The van der Waals surface area contributed by atoms with Crippen molar-refractivity contribution in [2.24, 2.45) is 0 Å². The maximum absolute atomic E-state index is 10.7. The number of rotatable bonds is 0. The fourth-order valence-corrected chi connectivity index (χ4v) is 0.954. The van der Waals surface area contributed by atoms with Gasteiger partial charge < -0.3 is 6.41 Å². The van der Waals surface area contributed by atoms with Crippen LogP contribution in [0.2, 0.25) is 15.1 Å². The molecule has 0 spiro atoms. The summed E-state index contributed by atoms with van der Waals surface area (Å²) >= 11 is 16.4. The molecule has 0 bridgehead atoms. The van der Waals surface area contributed by atoms with Crippen LogP contribution in [0.1, 0.15) is 1.43 Å². The predicted molar refractivity (Wildman–Crippen MR) is 43.2 cm³/mol. The van der Waals surface area contributed by atoms with E-state index in [0.29, 0.717) is 0 Å². The molecule has 0 aromatic carbocycles. The number of nitrogens with one attached hydrogen (secondary N) is 1. The number of H-pyrrole nitrogens is 1. The average Bonchev–Trinajstić information content (AvgIpc) is 1.93. The Labute approximate surface area is 102 Å². The van der Waals surface area contributed by atoms with E-state index in [9.17, 15) is 4.79 Å². The summed E-state index contributed by atoms with van der Waals surface area (Å²) in [4.78, 5) is 13.0. The Bertz CT molecular complexity index is 316. The molecule has 0 atom stereocenters. The van der Waals surface area contributed by atoms with Gasteiger partial charge in [-0.1, -0.05) is 34.8 Å². The Hall–Kier alpha value is 0.820. The van der Waals surface area contributed by atoms with Crippen LogP contribution in [0.4, 0.5) is 0 Å². The summed E-state index contributed by atoms with van der Waals surface area (Å²) in [5.74, 6) is 0. The van der Waals surface area contributed by atoms with Crippen molar-refractivity contribution in [3.05, 3.63) is 31.6 Å². The molecule has 0 radical (unpaired) electrons. The summed E-state index contributed by atoms with van der Waals surface area (Å²) in [5.41, 5.74) is -0.434.